The van der Waals surface area contributed by atoms with E-state index in [-0.39, 0.29) is 5.60 Å². The van der Waals surface area contributed by atoms with E-state index < -0.39 is 5.60 Å². The number of rotatable bonds is 3. The largest absolute Gasteiger partial charge is 0.389 e. The summed E-state index contributed by atoms with van der Waals surface area (Å²) >= 11 is 0. The first-order valence-corrected chi connectivity index (χ1v) is 4.91. The van der Waals surface area contributed by atoms with Crippen LogP contribution in [0.15, 0.2) is 0 Å². The monoisotopic (exact) mass is 187 g/mol. The molecular weight excluding hydrogens is 166 g/mol. The van der Waals surface area contributed by atoms with E-state index in [0.717, 1.165) is 13.0 Å². The molecule has 1 rings (SSSR count). The van der Waals surface area contributed by atoms with Gasteiger partial charge in [0.25, 0.3) is 0 Å². The lowest BCUT2D eigenvalue weighted by atomic mass is 9.98. The minimum atomic E-state index is -0.640. The second-order valence-corrected chi connectivity index (χ2v) is 4.99. The third kappa shape index (κ3) is 3.25. The summed E-state index contributed by atoms with van der Waals surface area (Å²) in [6.07, 6.45) is 1.03. The molecule has 1 aliphatic heterocycles. The number of hydrogen-bond donors (Lipinski definition) is 2. The van der Waals surface area contributed by atoms with Gasteiger partial charge in [-0.25, -0.2) is 0 Å². The summed E-state index contributed by atoms with van der Waals surface area (Å²) in [6, 6.07) is 0.360. The highest BCUT2D eigenvalue weighted by Gasteiger charge is 2.35. The molecule has 0 bridgehead atoms. The first-order valence-electron chi connectivity index (χ1n) is 4.91. The first-order chi connectivity index (χ1) is 5.81. The minimum Gasteiger partial charge on any atom is -0.389 e. The Bertz CT molecular complexity index is 172. The smallest absolute Gasteiger partial charge is 0.0779 e. The average molecular weight is 187 g/mol. The predicted octanol–water partition coefficient (Wildman–Crippen LogP) is 0.914. The van der Waals surface area contributed by atoms with Crippen LogP contribution in [0.2, 0.25) is 0 Å². The predicted molar refractivity (Wildman–Crippen MR) is 52.7 cm³/mol. The summed E-state index contributed by atoms with van der Waals surface area (Å²) in [5.74, 6) is 0. The van der Waals surface area contributed by atoms with Gasteiger partial charge in [0.1, 0.15) is 0 Å². The molecule has 0 spiro atoms. The lowest BCUT2D eigenvalue weighted by Crippen LogP contribution is -2.48. The Morgan fingerprint density at radius 1 is 1.54 bits per heavy atom. The lowest BCUT2D eigenvalue weighted by Gasteiger charge is -2.29. The van der Waals surface area contributed by atoms with E-state index >= 15 is 0 Å². The van der Waals surface area contributed by atoms with Crippen LogP contribution in [-0.2, 0) is 4.74 Å². The second-order valence-electron chi connectivity index (χ2n) is 4.99. The molecular formula is C10H21NO2. The summed E-state index contributed by atoms with van der Waals surface area (Å²) in [7, 11) is 0. The summed E-state index contributed by atoms with van der Waals surface area (Å²) in [5, 5.41) is 12.9. The summed E-state index contributed by atoms with van der Waals surface area (Å²) in [6.45, 7) is 9.22. The van der Waals surface area contributed by atoms with Crippen molar-refractivity contribution in [3.63, 3.8) is 0 Å². The van der Waals surface area contributed by atoms with Crippen molar-refractivity contribution >= 4 is 0 Å². The molecule has 2 N–H and O–H groups in total. The quantitative estimate of drug-likeness (QED) is 0.690. The fourth-order valence-corrected chi connectivity index (χ4v) is 1.61. The van der Waals surface area contributed by atoms with E-state index in [1.54, 1.807) is 0 Å². The Kier molecular flexibility index (Phi) is 3.00. The van der Waals surface area contributed by atoms with Gasteiger partial charge >= 0.3 is 0 Å². The summed E-state index contributed by atoms with van der Waals surface area (Å²) < 4.78 is 5.57. The Labute approximate surface area is 80.5 Å². The zero-order chi connectivity index (χ0) is 10.1. The van der Waals surface area contributed by atoms with Crippen molar-refractivity contribution in [1.29, 1.82) is 0 Å². The van der Waals surface area contributed by atoms with Crippen LogP contribution in [0.5, 0.6) is 0 Å². The molecule has 3 heteroatoms. The van der Waals surface area contributed by atoms with Gasteiger partial charge in [0.15, 0.2) is 0 Å². The minimum absolute atomic E-state index is 0.0920. The van der Waals surface area contributed by atoms with E-state index in [0.29, 0.717) is 12.6 Å². The van der Waals surface area contributed by atoms with E-state index in [2.05, 4.69) is 19.2 Å². The van der Waals surface area contributed by atoms with Crippen LogP contribution in [0.1, 0.15) is 34.1 Å². The molecule has 0 aromatic heterocycles. The normalized spacial score (nSPS) is 27.9. The number of ether oxygens (including phenoxy) is 1. The Hall–Kier alpha value is -0.120. The van der Waals surface area contributed by atoms with Gasteiger partial charge in [-0.2, -0.15) is 0 Å². The standard InChI is InChI=1S/C10H21NO2/c1-9(2,12)7-11-8-5-6-13-10(8,3)4/h8,11-12H,5-7H2,1-4H3. The maximum Gasteiger partial charge on any atom is 0.0779 e. The van der Waals surface area contributed by atoms with Crippen LogP contribution in [0.3, 0.4) is 0 Å². The van der Waals surface area contributed by atoms with Gasteiger partial charge in [-0.15, -0.1) is 0 Å². The van der Waals surface area contributed by atoms with Crippen molar-refractivity contribution in [3.8, 4) is 0 Å². The number of aliphatic hydroxyl groups is 1. The van der Waals surface area contributed by atoms with Gasteiger partial charge in [-0.3, -0.25) is 0 Å². The first kappa shape index (κ1) is 11.0. The van der Waals surface area contributed by atoms with Crippen LogP contribution in [-0.4, -0.2) is 35.5 Å². The SMILES string of the molecule is CC(C)(O)CNC1CCOC1(C)C. The highest BCUT2D eigenvalue weighted by atomic mass is 16.5. The van der Waals surface area contributed by atoms with Crippen molar-refractivity contribution < 1.29 is 9.84 Å². The molecule has 0 amide bonds. The molecule has 3 nitrogen and oxygen atoms in total. The zero-order valence-corrected chi connectivity index (χ0v) is 9.05. The van der Waals surface area contributed by atoms with Crippen LogP contribution in [0.25, 0.3) is 0 Å². The summed E-state index contributed by atoms with van der Waals surface area (Å²) in [4.78, 5) is 0. The number of nitrogens with one attached hydrogen (secondary N) is 1. The Balaban J connectivity index is 2.37. The molecule has 0 saturated carbocycles. The van der Waals surface area contributed by atoms with Crippen molar-refractivity contribution in [2.75, 3.05) is 13.2 Å². The Morgan fingerprint density at radius 2 is 2.15 bits per heavy atom. The van der Waals surface area contributed by atoms with Gasteiger partial charge < -0.3 is 15.2 Å². The van der Waals surface area contributed by atoms with Gasteiger partial charge in [0, 0.05) is 19.2 Å². The molecule has 1 aliphatic rings. The zero-order valence-electron chi connectivity index (χ0n) is 9.05. The maximum absolute atomic E-state index is 9.54. The van der Waals surface area contributed by atoms with E-state index in [4.69, 9.17) is 4.74 Å². The van der Waals surface area contributed by atoms with Gasteiger partial charge in [-0.1, -0.05) is 0 Å². The highest BCUT2D eigenvalue weighted by molar-refractivity contribution is 4.91. The topological polar surface area (TPSA) is 41.5 Å². The fourth-order valence-electron chi connectivity index (χ4n) is 1.61. The number of hydrogen-bond acceptors (Lipinski definition) is 3. The van der Waals surface area contributed by atoms with Gasteiger partial charge in [0.2, 0.25) is 0 Å². The summed E-state index contributed by atoms with van der Waals surface area (Å²) in [5.41, 5.74) is -0.732. The molecule has 78 valence electrons. The molecule has 13 heavy (non-hydrogen) atoms. The molecule has 0 radical (unpaired) electrons. The Morgan fingerprint density at radius 3 is 2.54 bits per heavy atom. The molecule has 1 heterocycles. The van der Waals surface area contributed by atoms with Crippen molar-refractivity contribution in [2.45, 2.75) is 51.4 Å². The van der Waals surface area contributed by atoms with E-state index in [1.807, 2.05) is 13.8 Å². The molecule has 0 aromatic rings. The highest BCUT2D eigenvalue weighted by Crippen LogP contribution is 2.24. The van der Waals surface area contributed by atoms with Crippen LogP contribution >= 0.6 is 0 Å². The third-order valence-corrected chi connectivity index (χ3v) is 2.50. The van der Waals surface area contributed by atoms with Crippen LogP contribution in [0.4, 0.5) is 0 Å². The van der Waals surface area contributed by atoms with Crippen molar-refractivity contribution in [3.05, 3.63) is 0 Å². The van der Waals surface area contributed by atoms with Crippen molar-refractivity contribution in [2.24, 2.45) is 0 Å². The van der Waals surface area contributed by atoms with Gasteiger partial charge in [-0.05, 0) is 34.1 Å². The molecule has 1 atom stereocenters. The van der Waals surface area contributed by atoms with Crippen LogP contribution < -0.4 is 5.32 Å². The third-order valence-electron chi connectivity index (χ3n) is 2.50. The van der Waals surface area contributed by atoms with E-state index in [9.17, 15) is 5.11 Å². The molecule has 0 aliphatic carbocycles. The molecule has 1 fully saturated rings. The average Bonchev–Trinajstić information content (AvgIpc) is 2.23. The van der Waals surface area contributed by atoms with E-state index in [1.165, 1.54) is 0 Å². The van der Waals surface area contributed by atoms with Gasteiger partial charge in [0.05, 0.1) is 11.2 Å². The molecule has 1 saturated heterocycles. The molecule has 0 aromatic carbocycles. The molecule has 1 unspecified atom stereocenters. The second kappa shape index (κ2) is 3.56. The van der Waals surface area contributed by atoms with Crippen LogP contribution in [0, 0.1) is 0 Å². The fraction of sp³-hybridized carbons (Fsp3) is 1.00. The lowest BCUT2D eigenvalue weighted by molar-refractivity contribution is 0.0139. The maximum atomic E-state index is 9.54. The van der Waals surface area contributed by atoms with Crippen molar-refractivity contribution in [1.82, 2.24) is 5.32 Å².